The molecule has 8 heteroatoms. The van der Waals surface area contributed by atoms with Crippen LogP contribution in [0.15, 0.2) is 24.3 Å². The van der Waals surface area contributed by atoms with Gasteiger partial charge in [0.15, 0.2) is 0 Å². The monoisotopic (exact) mass is 343 g/mol. The van der Waals surface area contributed by atoms with Crippen molar-refractivity contribution in [1.82, 2.24) is 10.9 Å². The SMILES string of the molecule is CCC[C@H](Br)C(=O)NNC(=O)c1ccccc1[N+](=O)[O-]. The van der Waals surface area contributed by atoms with E-state index in [2.05, 4.69) is 26.8 Å². The quantitative estimate of drug-likeness (QED) is 0.484. The van der Waals surface area contributed by atoms with Gasteiger partial charge in [0.05, 0.1) is 9.75 Å². The van der Waals surface area contributed by atoms with Gasteiger partial charge in [0, 0.05) is 6.07 Å². The molecule has 2 amide bonds. The summed E-state index contributed by atoms with van der Waals surface area (Å²) in [5.74, 6) is -1.14. The van der Waals surface area contributed by atoms with Crippen molar-refractivity contribution < 1.29 is 14.5 Å². The largest absolute Gasteiger partial charge is 0.282 e. The second-order valence-electron chi connectivity index (χ2n) is 3.97. The Morgan fingerprint density at radius 3 is 2.60 bits per heavy atom. The van der Waals surface area contributed by atoms with E-state index in [9.17, 15) is 19.7 Å². The number of hydrogen-bond donors (Lipinski definition) is 2. The Bertz CT molecular complexity index is 521. The van der Waals surface area contributed by atoms with Crippen LogP contribution in [0.3, 0.4) is 0 Å². The highest BCUT2D eigenvalue weighted by Gasteiger charge is 2.20. The number of nitro groups is 1. The standard InChI is InChI=1S/C12H14BrN3O4/c1-2-5-9(13)12(18)15-14-11(17)8-6-3-4-7-10(8)16(19)20/h3-4,6-7,9H,2,5H2,1H3,(H,14,17)(H,15,18)/t9-/m0/s1. The fourth-order valence-electron chi connectivity index (χ4n) is 1.47. The summed E-state index contributed by atoms with van der Waals surface area (Å²) >= 11 is 3.18. The van der Waals surface area contributed by atoms with E-state index in [4.69, 9.17) is 0 Å². The number of carbonyl (C=O) groups is 2. The Morgan fingerprint density at radius 1 is 1.35 bits per heavy atom. The first-order chi connectivity index (χ1) is 9.47. The van der Waals surface area contributed by atoms with Crippen molar-refractivity contribution in [2.75, 3.05) is 0 Å². The third-order valence-electron chi connectivity index (χ3n) is 2.47. The molecule has 1 aromatic rings. The van der Waals surface area contributed by atoms with E-state index in [1.807, 2.05) is 6.92 Å². The van der Waals surface area contributed by atoms with Crippen LogP contribution in [0.5, 0.6) is 0 Å². The smallest absolute Gasteiger partial charge is 0.272 e. The molecule has 1 atom stereocenters. The first-order valence-electron chi connectivity index (χ1n) is 5.95. The predicted octanol–water partition coefficient (Wildman–Crippen LogP) is 1.92. The average Bonchev–Trinajstić information content (AvgIpc) is 2.44. The minimum Gasteiger partial charge on any atom is -0.272 e. The van der Waals surface area contributed by atoms with Gasteiger partial charge in [-0.25, -0.2) is 0 Å². The van der Waals surface area contributed by atoms with Crippen molar-refractivity contribution in [1.29, 1.82) is 0 Å². The molecule has 108 valence electrons. The maximum atomic E-state index is 11.8. The molecule has 7 nitrogen and oxygen atoms in total. The van der Waals surface area contributed by atoms with Gasteiger partial charge in [0.25, 0.3) is 17.5 Å². The Balaban J connectivity index is 2.69. The molecule has 0 aliphatic rings. The lowest BCUT2D eigenvalue weighted by Crippen LogP contribution is -2.45. The van der Waals surface area contributed by atoms with Crippen LogP contribution in [0, 0.1) is 10.1 Å². The molecule has 1 aromatic carbocycles. The molecule has 0 bridgehead atoms. The lowest BCUT2D eigenvalue weighted by Gasteiger charge is -2.10. The van der Waals surface area contributed by atoms with Crippen LogP contribution < -0.4 is 10.9 Å². The van der Waals surface area contributed by atoms with Crippen molar-refractivity contribution in [3.8, 4) is 0 Å². The van der Waals surface area contributed by atoms with Gasteiger partial charge >= 0.3 is 0 Å². The van der Waals surface area contributed by atoms with Gasteiger partial charge in [0.2, 0.25) is 0 Å². The number of benzene rings is 1. The first-order valence-corrected chi connectivity index (χ1v) is 6.86. The summed E-state index contributed by atoms with van der Waals surface area (Å²) in [5, 5.41) is 10.8. The predicted molar refractivity (Wildman–Crippen MR) is 76.3 cm³/mol. The summed E-state index contributed by atoms with van der Waals surface area (Å²) in [5.41, 5.74) is 3.96. The Kier molecular flexibility index (Phi) is 6.10. The van der Waals surface area contributed by atoms with Crippen molar-refractivity contribution in [2.24, 2.45) is 0 Å². The number of halogens is 1. The van der Waals surface area contributed by atoms with E-state index in [-0.39, 0.29) is 11.3 Å². The van der Waals surface area contributed by atoms with Gasteiger partial charge in [-0.3, -0.25) is 30.6 Å². The summed E-state index contributed by atoms with van der Waals surface area (Å²) in [4.78, 5) is 33.1. The number of nitrogens with zero attached hydrogens (tertiary/aromatic N) is 1. The molecule has 0 spiro atoms. The summed E-state index contributed by atoms with van der Waals surface area (Å²) in [6, 6.07) is 5.51. The van der Waals surface area contributed by atoms with Crippen molar-refractivity contribution in [3.63, 3.8) is 0 Å². The highest BCUT2D eigenvalue weighted by Crippen LogP contribution is 2.17. The fourth-order valence-corrected chi connectivity index (χ4v) is 2.05. The molecular weight excluding hydrogens is 330 g/mol. The zero-order valence-corrected chi connectivity index (χ0v) is 12.3. The van der Waals surface area contributed by atoms with Crippen LogP contribution >= 0.6 is 15.9 Å². The number of nitrogens with one attached hydrogen (secondary N) is 2. The number of hydrazine groups is 1. The number of amides is 2. The lowest BCUT2D eigenvalue weighted by molar-refractivity contribution is -0.385. The molecule has 0 saturated carbocycles. The van der Waals surface area contributed by atoms with Crippen LogP contribution in [-0.2, 0) is 4.79 Å². The van der Waals surface area contributed by atoms with E-state index in [0.29, 0.717) is 6.42 Å². The zero-order valence-electron chi connectivity index (χ0n) is 10.8. The lowest BCUT2D eigenvalue weighted by atomic mass is 10.2. The molecule has 0 aromatic heterocycles. The van der Waals surface area contributed by atoms with E-state index < -0.39 is 21.6 Å². The first kappa shape index (κ1) is 16.1. The number of rotatable bonds is 5. The summed E-state index contributed by atoms with van der Waals surface area (Å²) in [7, 11) is 0. The number of alkyl halides is 1. The number of nitro benzene ring substituents is 1. The van der Waals surface area contributed by atoms with Gasteiger partial charge in [-0.1, -0.05) is 41.4 Å². The van der Waals surface area contributed by atoms with Crippen LogP contribution in [0.4, 0.5) is 5.69 Å². The van der Waals surface area contributed by atoms with E-state index in [1.165, 1.54) is 24.3 Å². The molecule has 0 aliphatic carbocycles. The highest BCUT2D eigenvalue weighted by atomic mass is 79.9. The maximum absolute atomic E-state index is 11.8. The molecule has 0 radical (unpaired) electrons. The third-order valence-corrected chi connectivity index (χ3v) is 3.34. The fraction of sp³-hybridized carbons (Fsp3) is 0.333. The van der Waals surface area contributed by atoms with E-state index in [0.717, 1.165) is 6.42 Å². The molecule has 0 saturated heterocycles. The maximum Gasteiger partial charge on any atom is 0.282 e. The number of hydrogen-bond acceptors (Lipinski definition) is 4. The average molecular weight is 344 g/mol. The van der Waals surface area contributed by atoms with Crippen molar-refractivity contribution in [2.45, 2.75) is 24.6 Å². The third kappa shape index (κ3) is 4.30. The van der Waals surface area contributed by atoms with Crippen LogP contribution in [0.2, 0.25) is 0 Å². The topological polar surface area (TPSA) is 101 Å². The molecule has 1 rings (SSSR count). The van der Waals surface area contributed by atoms with Gasteiger partial charge in [-0.15, -0.1) is 0 Å². The van der Waals surface area contributed by atoms with Crippen molar-refractivity contribution in [3.05, 3.63) is 39.9 Å². The Morgan fingerprint density at radius 2 is 2.00 bits per heavy atom. The van der Waals surface area contributed by atoms with E-state index >= 15 is 0 Å². The molecule has 0 aliphatic heterocycles. The van der Waals surface area contributed by atoms with Gasteiger partial charge in [-0.2, -0.15) is 0 Å². The van der Waals surface area contributed by atoms with Crippen LogP contribution in [-0.4, -0.2) is 21.6 Å². The number of para-hydroxylation sites is 1. The second kappa shape index (κ2) is 7.59. The number of carbonyl (C=O) groups excluding carboxylic acids is 2. The van der Waals surface area contributed by atoms with Crippen LogP contribution in [0.1, 0.15) is 30.1 Å². The second-order valence-corrected chi connectivity index (χ2v) is 5.08. The van der Waals surface area contributed by atoms with Gasteiger partial charge < -0.3 is 0 Å². The van der Waals surface area contributed by atoms with Gasteiger partial charge in [0.1, 0.15) is 5.56 Å². The minimum absolute atomic E-state index is 0.112. The summed E-state index contributed by atoms with van der Waals surface area (Å²) in [6.07, 6.45) is 1.43. The minimum atomic E-state index is -0.734. The molecular formula is C12H14BrN3O4. The Labute approximate surface area is 124 Å². The summed E-state index contributed by atoms with van der Waals surface area (Å²) in [6.45, 7) is 1.92. The Hall–Kier alpha value is -1.96. The molecule has 0 unspecified atom stereocenters. The molecule has 0 heterocycles. The van der Waals surface area contributed by atoms with Crippen molar-refractivity contribution >= 4 is 33.4 Å². The summed E-state index contributed by atoms with van der Waals surface area (Å²) < 4.78 is 0. The molecule has 0 fully saturated rings. The highest BCUT2D eigenvalue weighted by molar-refractivity contribution is 9.10. The van der Waals surface area contributed by atoms with Gasteiger partial charge in [-0.05, 0) is 12.5 Å². The molecule has 2 N–H and O–H groups in total. The zero-order chi connectivity index (χ0) is 15.1. The van der Waals surface area contributed by atoms with E-state index in [1.54, 1.807) is 0 Å². The molecule has 20 heavy (non-hydrogen) atoms. The van der Waals surface area contributed by atoms with Crippen LogP contribution in [0.25, 0.3) is 0 Å². The normalized spacial score (nSPS) is 11.5.